The van der Waals surface area contributed by atoms with E-state index in [1.165, 1.54) is 0 Å². The summed E-state index contributed by atoms with van der Waals surface area (Å²) in [6.45, 7) is 1.87. The van der Waals surface area contributed by atoms with Gasteiger partial charge in [-0.15, -0.1) is 0 Å². The first kappa shape index (κ1) is 15.2. The van der Waals surface area contributed by atoms with Gasteiger partial charge in [0.2, 0.25) is 5.91 Å². The number of imidazole rings is 1. The third-order valence-electron chi connectivity index (χ3n) is 4.03. The van der Waals surface area contributed by atoms with E-state index in [1.54, 1.807) is 6.92 Å². The molecule has 120 valence electrons. The van der Waals surface area contributed by atoms with E-state index in [0.717, 1.165) is 22.3 Å². The fourth-order valence-corrected chi connectivity index (χ4v) is 2.64. The van der Waals surface area contributed by atoms with Gasteiger partial charge in [0.05, 0.1) is 17.0 Å². The SMILES string of the molecule is CC(C(N)=O)c1ccc2c(c1)nc(N)c1nc(CCCO)[nH]c12. The van der Waals surface area contributed by atoms with Crippen LogP contribution in [0.25, 0.3) is 21.9 Å². The molecule has 6 N–H and O–H groups in total. The van der Waals surface area contributed by atoms with Crippen molar-refractivity contribution >= 4 is 33.7 Å². The van der Waals surface area contributed by atoms with Crippen LogP contribution in [0.3, 0.4) is 0 Å². The molecule has 1 atom stereocenters. The molecule has 2 aromatic heterocycles. The lowest BCUT2D eigenvalue weighted by atomic mass is 9.99. The Morgan fingerprint density at radius 3 is 2.87 bits per heavy atom. The molecule has 1 unspecified atom stereocenters. The number of nitrogens with two attached hydrogens (primary N) is 2. The number of aromatic amines is 1. The van der Waals surface area contributed by atoms with Gasteiger partial charge in [0, 0.05) is 18.4 Å². The third-order valence-corrected chi connectivity index (χ3v) is 4.03. The van der Waals surface area contributed by atoms with Gasteiger partial charge in [-0.3, -0.25) is 4.79 Å². The number of nitrogens with zero attached hydrogens (tertiary/aromatic N) is 2. The second-order valence-electron chi connectivity index (χ2n) is 5.63. The highest BCUT2D eigenvalue weighted by molar-refractivity contribution is 6.06. The highest BCUT2D eigenvalue weighted by Gasteiger charge is 2.15. The molecule has 3 aromatic rings. The van der Waals surface area contributed by atoms with Gasteiger partial charge in [0.1, 0.15) is 11.3 Å². The number of pyridine rings is 1. The van der Waals surface area contributed by atoms with Gasteiger partial charge >= 0.3 is 0 Å². The smallest absolute Gasteiger partial charge is 0.224 e. The Kier molecular flexibility index (Phi) is 3.87. The van der Waals surface area contributed by atoms with Crippen molar-refractivity contribution in [2.75, 3.05) is 12.3 Å². The van der Waals surface area contributed by atoms with Crippen molar-refractivity contribution in [3.05, 3.63) is 29.6 Å². The van der Waals surface area contributed by atoms with Crippen LogP contribution in [0.4, 0.5) is 5.82 Å². The maximum atomic E-state index is 11.4. The summed E-state index contributed by atoms with van der Waals surface area (Å²) in [6.07, 6.45) is 1.27. The van der Waals surface area contributed by atoms with Gasteiger partial charge in [-0.25, -0.2) is 9.97 Å². The standard InChI is InChI=1S/C16H19N5O2/c1-8(16(18)23)9-4-5-10-11(7-9)19-15(17)14-13(10)20-12(21-14)3-2-6-22/h4-5,7-8,22H,2-3,6H2,1H3,(H2,17,19)(H2,18,23)(H,20,21). The number of aliphatic hydroxyl groups excluding tert-OH is 1. The van der Waals surface area contributed by atoms with E-state index in [4.69, 9.17) is 16.6 Å². The second-order valence-corrected chi connectivity index (χ2v) is 5.63. The zero-order chi connectivity index (χ0) is 16.6. The van der Waals surface area contributed by atoms with Gasteiger partial charge in [0.15, 0.2) is 5.82 Å². The number of aromatic nitrogens is 3. The van der Waals surface area contributed by atoms with Crippen LogP contribution >= 0.6 is 0 Å². The van der Waals surface area contributed by atoms with E-state index in [0.29, 0.717) is 29.7 Å². The number of carbonyl (C=O) groups excluding carboxylic acids is 1. The summed E-state index contributed by atoms with van der Waals surface area (Å²) < 4.78 is 0. The average molecular weight is 313 g/mol. The first-order valence-electron chi connectivity index (χ1n) is 7.49. The molecule has 0 saturated heterocycles. The Bertz CT molecular complexity index is 887. The minimum Gasteiger partial charge on any atom is -0.396 e. The molecule has 1 aromatic carbocycles. The minimum atomic E-state index is -0.389. The number of hydrogen-bond acceptors (Lipinski definition) is 5. The Balaban J connectivity index is 2.15. The van der Waals surface area contributed by atoms with Crippen LogP contribution < -0.4 is 11.5 Å². The number of fused-ring (bicyclic) bond motifs is 3. The number of nitrogens with one attached hydrogen (secondary N) is 1. The van der Waals surface area contributed by atoms with E-state index in [-0.39, 0.29) is 18.4 Å². The van der Waals surface area contributed by atoms with Crippen LogP contribution in [-0.2, 0) is 11.2 Å². The molecule has 0 aliphatic carbocycles. The number of nitrogen functional groups attached to an aromatic ring is 1. The number of anilines is 1. The number of primary amides is 1. The number of carbonyl (C=O) groups is 1. The first-order chi connectivity index (χ1) is 11.0. The van der Waals surface area contributed by atoms with Crippen molar-refractivity contribution in [3.63, 3.8) is 0 Å². The monoisotopic (exact) mass is 313 g/mol. The second kappa shape index (κ2) is 5.85. The van der Waals surface area contributed by atoms with Crippen molar-refractivity contribution < 1.29 is 9.90 Å². The highest BCUT2D eigenvalue weighted by atomic mass is 16.2. The van der Waals surface area contributed by atoms with Gasteiger partial charge in [-0.1, -0.05) is 12.1 Å². The van der Waals surface area contributed by atoms with Crippen LogP contribution in [-0.4, -0.2) is 32.6 Å². The predicted octanol–water partition coefficient (Wildman–Crippen LogP) is 1.21. The molecular formula is C16H19N5O2. The van der Waals surface area contributed by atoms with Crippen LogP contribution in [0.5, 0.6) is 0 Å². The van der Waals surface area contributed by atoms with Gasteiger partial charge in [-0.05, 0) is 25.0 Å². The van der Waals surface area contributed by atoms with Crippen molar-refractivity contribution in [3.8, 4) is 0 Å². The molecule has 3 rings (SSSR count). The van der Waals surface area contributed by atoms with Crippen molar-refractivity contribution in [1.29, 1.82) is 0 Å². The third kappa shape index (κ3) is 2.70. The Labute approximate surface area is 132 Å². The molecule has 0 fully saturated rings. The van der Waals surface area contributed by atoms with Crippen LogP contribution in [0.2, 0.25) is 0 Å². The first-order valence-corrected chi connectivity index (χ1v) is 7.49. The fraction of sp³-hybridized carbons (Fsp3) is 0.312. The lowest BCUT2D eigenvalue weighted by Gasteiger charge is -2.09. The van der Waals surface area contributed by atoms with Gasteiger partial charge < -0.3 is 21.6 Å². The highest BCUT2D eigenvalue weighted by Crippen LogP contribution is 2.28. The summed E-state index contributed by atoms with van der Waals surface area (Å²) in [4.78, 5) is 23.5. The zero-order valence-corrected chi connectivity index (χ0v) is 12.8. The zero-order valence-electron chi connectivity index (χ0n) is 12.8. The average Bonchev–Trinajstić information content (AvgIpc) is 2.96. The number of rotatable bonds is 5. The molecule has 0 spiro atoms. The number of hydrogen-bond donors (Lipinski definition) is 4. The molecule has 1 amide bonds. The topological polar surface area (TPSA) is 131 Å². The Hall–Kier alpha value is -2.67. The number of aliphatic hydroxyl groups is 1. The summed E-state index contributed by atoms with van der Waals surface area (Å²) in [6, 6.07) is 5.59. The lowest BCUT2D eigenvalue weighted by Crippen LogP contribution is -2.18. The minimum absolute atomic E-state index is 0.111. The summed E-state index contributed by atoms with van der Waals surface area (Å²) in [5.41, 5.74) is 14.3. The maximum absolute atomic E-state index is 11.4. The number of H-pyrrole nitrogens is 1. The molecule has 7 heteroatoms. The molecule has 0 aliphatic rings. The number of aryl methyl sites for hydroxylation is 1. The van der Waals surface area contributed by atoms with E-state index in [2.05, 4.69) is 15.0 Å². The molecule has 2 heterocycles. The molecule has 0 aliphatic heterocycles. The van der Waals surface area contributed by atoms with E-state index in [1.807, 2.05) is 18.2 Å². The van der Waals surface area contributed by atoms with Crippen LogP contribution in [0, 0.1) is 0 Å². The number of amides is 1. The van der Waals surface area contributed by atoms with Crippen LogP contribution in [0.1, 0.15) is 30.7 Å². The largest absolute Gasteiger partial charge is 0.396 e. The Morgan fingerprint density at radius 2 is 2.17 bits per heavy atom. The quantitative estimate of drug-likeness (QED) is 0.562. The molecular weight excluding hydrogens is 294 g/mol. The molecule has 0 bridgehead atoms. The maximum Gasteiger partial charge on any atom is 0.224 e. The number of benzene rings is 1. The van der Waals surface area contributed by atoms with Crippen molar-refractivity contribution in [2.24, 2.45) is 5.73 Å². The van der Waals surface area contributed by atoms with E-state index >= 15 is 0 Å². The molecule has 23 heavy (non-hydrogen) atoms. The summed E-state index contributed by atoms with van der Waals surface area (Å²) >= 11 is 0. The fourth-order valence-electron chi connectivity index (χ4n) is 2.64. The Morgan fingerprint density at radius 1 is 1.39 bits per heavy atom. The van der Waals surface area contributed by atoms with Gasteiger partial charge in [0.25, 0.3) is 0 Å². The molecule has 7 nitrogen and oxygen atoms in total. The van der Waals surface area contributed by atoms with Crippen LogP contribution in [0.15, 0.2) is 18.2 Å². The van der Waals surface area contributed by atoms with E-state index in [9.17, 15) is 4.79 Å². The summed E-state index contributed by atoms with van der Waals surface area (Å²) in [5, 5.41) is 9.83. The predicted molar refractivity (Wildman–Crippen MR) is 88.8 cm³/mol. The molecule has 0 radical (unpaired) electrons. The van der Waals surface area contributed by atoms with Crippen molar-refractivity contribution in [2.45, 2.75) is 25.7 Å². The summed E-state index contributed by atoms with van der Waals surface area (Å²) in [7, 11) is 0. The molecule has 0 saturated carbocycles. The lowest BCUT2D eigenvalue weighted by molar-refractivity contribution is -0.119. The van der Waals surface area contributed by atoms with E-state index < -0.39 is 0 Å². The van der Waals surface area contributed by atoms with Crippen molar-refractivity contribution in [1.82, 2.24) is 15.0 Å². The summed E-state index contributed by atoms with van der Waals surface area (Å²) in [5.74, 6) is 0.332. The normalized spacial score (nSPS) is 12.8. The van der Waals surface area contributed by atoms with Gasteiger partial charge in [-0.2, -0.15) is 0 Å².